The molecule has 0 saturated carbocycles. The summed E-state index contributed by atoms with van der Waals surface area (Å²) in [6.45, 7) is 1.48. The third kappa shape index (κ3) is 2.21. The second-order valence-electron chi connectivity index (χ2n) is 2.64. The SMILES string of the molecule is CC(C=O)=Cc1c(F)cccc1F. The molecule has 0 fully saturated rings. The van der Waals surface area contributed by atoms with Crippen LogP contribution < -0.4 is 0 Å². The Hall–Kier alpha value is -1.51. The summed E-state index contributed by atoms with van der Waals surface area (Å²) in [4.78, 5) is 10.2. The maximum atomic E-state index is 12.9. The molecule has 0 N–H and O–H groups in total. The van der Waals surface area contributed by atoms with Crippen LogP contribution in [-0.4, -0.2) is 6.29 Å². The molecule has 0 atom stereocenters. The smallest absolute Gasteiger partial charge is 0.145 e. The zero-order chi connectivity index (χ0) is 9.84. The lowest BCUT2D eigenvalue weighted by atomic mass is 10.1. The minimum absolute atomic E-state index is 0.174. The van der Waals surface area contributed by atoms with Crippen molar-refractivity contribution in [2.45, 2.75) is 6.92 Å². The Balaban J connectivity index is 3.21. The Labute approximate surface area is 74.7 Å². The zero-order valence-corrected chi connectivity index (χ0v) is 7.05. The highest BCUT2D eigenvalue weighted by atomic mass is 19.1. The average Bonchev–Trinajstić information content (AvgIpc) is 2.11. The lowest BCUT2D eigenvalue weighted by Crippen LogP contribution is -1.89. The van der Waals surface area contributed by atoms with E-state index in [0.29, 0.717) is 6.29 Å². The van der Waals surface area contributed by atoms with Gasteiger partial charge in [-0.2, -0.15) is 0 Å². The predicted molar refractivity (Wildman–Crippen MR) is 46.1 cm³/mol. The highest BCUT2D eigenvalue weighted by Crippen LogP contribution is 2.14. The lowest BCUT2D eigenvalue weighted by molar-refractivity contribution is -0.104. The van der Waals surface area contributed by atoms with Gasteiger partial charge < -0.3 is 0 Å². The number of aldehydes is 1. The van der Waals surface area contributed by atoms with Crippen molar-refractivity contribution < 1.29 is 13.6 Å². The summed E-state index contributed by atoms with van der Waals surface area (Å²) in [7, 11) is 0. The first kappa shape index (κ1) is 9.58. The van der Waals surface area contributed by atoms with Gasteiger partial charge in [0.05, 0.1) is 0 Å². The van der Waals surface area contributed by atoms with Gasteiger partial charge >= 0.3 is 0 Å². The van der Waals surface area contributed by atoms with Gasteiger partial charge in [-0.1, -0.05) is 6.07 Å². The molecule has 1 aromatic carbocycles. The van der Waals surface area contributed by atoms with Crippen molar-refractivity contribution in [3.8, 4) is 0 Å². The van der Waals surface area contributed by atoms with Crippen LogP contribution in [0.1, 0.15) is 12.5 Å². The number of carbonyl (C=O) groups is 1. The van der Waals surface area contributed by atoms with Crippen molar-refractivity contribution in [2.24, 2.45) is 0 Å². The first-order valence-corrected chi connectivity index (χ1v) is 3.72. The second kappa shape index (κ2) is 3.94. The van der Waals surface area contributed by atoms with Gasteiger partial charge in [0, 0.05) is 5.56 Å². The van der Waals surface area contributed by atoms with Crippen molar-refractivity contribution in [1.82, 2.24) is 0 Å². The fourth-order valence-corrected chi connectivity index (χ4v) is 0.910. The number of rotatable bonds is 2. The highest BCUT2D eigenvalue weighted by molar-refractivity contribution is 5.80. The summed E-state index contributed by atoms with van der Waals surface area (Å²) in [5.41, 5.74) is 0.108. The molecule has 0 heterocycles. The lowest BCUT2D eigenvalue weighted by Gasteiger charge is -1.98. The van der Waals surface area contributed by atoms with Gasteiger partial charge in [0.2, 0.25) is 0 Å². The van der Waals surface area contributed by atoms with Crippen molar-refractivity contribution in [3.05, 3.63) is 41.0 Å². The summed E-state index contributed by atoms with van der Waals surface area (Å²) in [5.74, 6) is -1.33. The maximum Gasteiger partial charge on any atom is 0.145 e. The quantitative estimate of drug-likeness (QED) is 0.507. The molecule has 0 radical (unpaired) electrons. The van der Waals surface area contributed by atoms with Crippen LogP contribution in [0.4, 0.5) is 8.78 Å². The molecule has 0 spiro atoms. The van der Waals surface area contributed by atoms with Crippen LogP contribution in [0.5, 0.6) is 0 Å². The number of allylic oxidation sites excluding steroid dienone is 1. The largest absolute Gasteiger partial charge is 0.298 e. The monoisotopic (exact) mass is 182 g/mol. The van der Waals surface area contributed by atoms with Crippen LogP contribution in [-0.2, 0) is 4.79 Å². The number of benzene rings is 1. The Bertz CT molecular complexity index is 336. The number of hydrogen-bond donors (Lipinski definition) is 0. The van der Waals surface area contributed by atoms with E-state index >= 15 is 0 Å². The van der Waals surface area contributed by atoms with E-state index in [1.807, 2.05) is 0 Å². The molecule has 0 unspecified atom stereocenters. The first-order valence-electron chi connectivity index (χ1n) is 3.72. The first-order chi connectivity index (χ1) is 6.15. The van der Waals surface area contributed by atoms with Crippen molar-refractivity contribution in [2.75, 3.05) is 0 Å². The number of halogens is 2. The molecule has 0 bridgehead atoms. The summed E-state index contributed by atoms with van der Waals surface area (Å²) in [6, 6.07) is 3.57. The van der Waals surface area contributed by atoms with E-state index in [4.69, 9.17) is 0 Å². The van der Waals surface area contributed by atoms with E-state index in [0.717, 1.165) is 12.1 Å². The van der Waals surface area contributed by atoms with Crippen LogP contribution in [0, 0.1) is 11.6 Å². The van der Waals surface area contributed by atoms with Crippen molar-refractivity contribution in [1.29, 1.82) is 0 Å². The molecule has 0 aromatic heterocycles. The van der Waals surface area contributed by atoms with Gasteiger partial charge in [0.1, 0.15) is 17.9 Å². The van der Waals surface area contributed by atoms with Crippen molar-refractivity contribution in [3.63, 3.8) is 0 Å². The molecule has 0 amide bonds. The topological polar surface area (TPSA) is 17.1 Å². The van der Waals surface area contributed by atoms with Crippen LogP contribution in [0.2, 0.25) is 0 Å². The van der Waals surface area contributed by atoms with E-state index in [1.165, 1.54) is 19.1 Å². The van der Waals surface area contributed by atoms with Gasteiger partial charge in [-0.05, 0) is 30.7 Å². The van der Waals surface area contributed by atoms with Crippen molar-refractivity contribution >= 4 is 12.4 Å². The second-order valence-corrected chi connectivity index (χ2v) is 2.64. The molecule has 0 aliphatic rings. The molecule has 1 rings (SSSR count). The predicted octanol–water partition coefficient (Wildman–Crippen LogP) is 2.57. The molecule has 1 aromatic rings. The highest BCUT2D eigenvalue weighted by Gasteiger charge is 2.04. The van der Waals surface area contributed by atoms with E-state index in [9.17, 15) is 13.6 Å². The Morgan fingerprint density at radius 2 is 1.85 bits per heavy atom. The van der Waals surface area contributed by atoms with Gasteiger partial charge in [-0.3, -0.25) is 4.79 Å². The molecule has 0 aliphatic heterocycles. The third-order valence-electron chi connectivity index (χ3n) is 1.56. The van der Waals surface area contributed by atoms with Gasteiger partial charge in [0.25, 0.3) is 0 Å². The summed E-state index contributed by atoms with van der Waals surface area (Å²) >= 11 is 0. The molecule has 0 aliphatic carbocycles. The summed E-state index contributed by atoms with van der Waals surface area (Å²) in [5, 5.41) is 0. The summed E-state index contributed by atoms with van der Waals surface area (Å²) in [6.07, 6.45) is 1.73. The Kier molecular flexibility index (Phi) is 2.90. The normalized spacial score (nSPS) is 11.5. The average molecular weight is 182 g/mol. The zero-order valence-electron chi connectivity index (χ0n) is 7.05. The minimum Gasteiger partial charge on any atom is -0.298 e. The number of carbonyl (C=O) groups excluding carboxylic acids is 1. The maximum absolute atomic E-state index is 12.9. The van der Waals surface area contributed by atoms with E-state index in [1.54, 1.807) is 0 Å². The minimum atomic E-state index is -0.666. The Morgan fingerprint density at radius 1 is 1.31 bits per heavy atom. The van der Waals surface area contributed by atoms with Crippen LogP contribution in [0.25, 0.3) is 6.08 Å². The molecule has 13 heavy (non-hydrogen) atoms. The van der Waals surface area contributed by atoms with Gasteiger partial charge in [-0.25, -0.2) is 8.78 Å². The fourth-order valence-electron chi connectivity index (χ4n) is 0.910. The van der Waals surface area contributed by atoms with E-state index < -0.39 is 11.6 Å². The van der Waals surface area contributed by atoms with E-state index in [2.05, 4.69) is 0 Å². The molecule has 3 heteroatoms. The molecular weight excluding hydrogens is 174 g/mol. The number of hydrogen-bond acceptors (Lipinski definition) is 1. The summed E-state index contributed by atoms with van der Waals surface area (Å²) < 4.78 is 25.9. The van der Waals surface area contributed by atoms with E-state index in [-0.39, 0.29) is 11.1 Å². The fraction of sp³-hybridized carbons (Fsp3) is 0.100. The Morgan fingerprint density at radius 3 is 2.31 bits per heavy atom. The van der Waals surface area contributed by atoms with Crippen LogP contribution in [0.3, 0.4) is 0 Å². The molecule has 0 saturated heterocycles. The molecular formula is C10H8F2O. The molecule has 1 nitrogen and oxygen atoms in total. The van der Waals surface area contributed by atoms with Crippen LogP contribution >= 0.6 is 0 Å². The van der Waals surface area contributed by atoms with Gasteiger partial charge in [0.15, 0.2) is 0 Å². The third-order valence-corrected chi connectivity index (χ3v) is 1.56. The molecule has 68 valence electrons. The standard InChI is InChI=1S/C10H8F2O/c1-7(6-13)5-8-9(11)3-2-4-10(8)12/h2-6H,1H3. The van der Waals surface area contributed by atoms with Gasteiger partial charge in [-0.15, -0.1) is 0 Å². The van der Waals surface area contributed by atoms with Crippen LogP contribution in [0.15, 0.2) is 23.8 Å².